The minimum atomic E-state index is 0.567. The van der Waals surface area contributed by atoms with E-state index in [0.717, 1.165) is 30.4 Å². The molecule has 1 aliphatic carbocycles. The number of likely N-dealkylation sites (N-methyl/N-ethyl adjacent to an activating group) is 1. The van der Waals surface area contributed by atoms with Gasteiger partial charge < -0.3 is 9.80 Å². The van der Waals surface area contributed by atoms with Gasteiger partial charge in [-0.05, 0) is 58.0 Å². The third-order valence-electron chi connectivity index (χ3n) is 6.49. The summed E-state index contributed by atoms with van der Waals surface area (Å²) < 4.78 is 1.96. The SMILES string of the molecule is CN(CCN1CCCCCC1)C1CN(c2ccc3nnc(C4CC4)n3n2)C1. The van der Waals surface area contributed by atoms with Crippen molar-refractivity contribution < 1.29 is 0 Å². The summed E-state index contributed by atoms with van der Waals surface area (Å²) in [5, 5.41) is 13.4. The first-order chi connectivity index (χ1) is 13.3. The Morgan fingerprint density at radius 1 is 1.04 bits per heavy atom. The van der Waals surface area contributed by atoms with Crippen molar-refractivity contribution in [3.63, 3.8) is 0 Å². The highest BCUT2D eigenvalue weighted by Crippen LogP contribution is 2.38. The van der Waals surface area contributed by atoms with Gasteiger partial charge in [-0.15, -0.1) is 15.3 Å². The van der Waals surface area contributed by atoms with Crippen LogP contribution in [0.15, 0.2) is 12.1 Å². The number of hydrogen-bond donors (Lipinski definition) is 0. The van der Waals surface area contributed by atoms with Gasteiger partial charge in [0.1, 0.15) is 5.82 Å². The molecule has 27 heavy (non-hydrogen) atoms. The Balaban J connectivity index is 1.15. The fraction of sp³-hybridized carbons (Fsp3) is 0.750. The van der Waals surface area contributed by atoms with E-state index in [9.17, 15) is 0 Å². The molecule has 2 saturated heterocycles. The molecule has 2 aliphatic heterocycles. The molecule has 0 N–H and O–H groups in total. The first kappa shape index (κ1) is 17.4. The topological polar surface area (TPSA) is 52.8 Å². The Hall–Kier alpha value is -1.73. The van der Waals surface area contributed by atoms with E-state index in [1.54, 1.807) is 0 Å². The molecule has 2 aromatic heterocycles. The summed E-state index contributed by atoms with van der Waals surface area (Å²) in [5.74, 6) is 2.66. The van der Waals surface area contributed by atoms with Crippen molar-refractivity contribution in [2.75, 3.05) is 51.2 Å². The maximum Gasteiger partial charge on any atom is 0.178 e. The van der Waals surface area contributed by atoms with E-state index in [1.165, 1.54) is 64.7 Å². The van der Waals surface area contributed by atoms with Gasteiger partial charge >= 0.3 is 0 Å². The molecule has 3 aliphatic rings. The molecule has 3 fully saturated rings. The second-order valence-electron chi connectivity index (χ2n) is 8.59. The quantitative estimate of drug-likeness (QED) is 0.776. The van der Waals surface area contributed by atoms with Crippen LogP contribution in [0.5, 0.6) is 0 Å². The van der Waals surface area contributed by atoms with Crippen LogP contribution >= 0.6 is 0 Å². The lowest BCUT2D eigenvalue weighted by atomic mass is 10.1. The van der Waals surface area contributed by atoms with Crippen LogP contribution in [0.25, 0.3) is 5.65 Å². The Bertz CT molecular complexity index is 770. The van der Waals surface area contributed by atoms with Crippen LogP contribution in [0.3, 0.4) is 0 Å². The molecule has 0 spiro atoms. The van der Waals surface area contributed by atoms with Crippen LogP contribution in [-0.2, 0) is 0 Å². The van der Waals surface area contributed by atoms with E-state index in [0.29, 0.717) is 12.0 Å². The minimum absolute atomic E-state index is 0.567. The summed E-state index contributed by atoms with van der Waals surface area (Å²) in [4.78, 5) is 7.57. The number of anilines is 1. The van der Waals surface area contributed by atoms with Crippen LogP contribution in [0.4, 0.5) is 5.82 Å². The smallest absolute Gasteiger partial charge is 0.178 e. The number of rotatable bonds is 6. The second kappa shape index (κ2) is 7.36. The monoisotopic (exact) mass is 369 g/mol. The van der Waals surface area contributed by atoms with Crippen LogP contribution < -0.4 is 4.90 Å². The number of aromatic nitrogens is 4. The fourth-order valence-corrected chi connectivity index (χ4v) is 4.32. The zero-order valence-corrected chi connectivity index (χ0v) is 16.4. The lowest BCUT2D eigenvalue weighted by molar-refractivity contribution is 0.169. The summed E-state index contributed by atoms with van der Waals surface area (Å²) in [6.07, 6.45) is 8.02. The standard InChI is InChI=1S/C20H31N7/c1-24(12-13-25-10-4-2-3-5-11-25)17-14-26(15-17)19-9-8-18-21-22-20(16-6-7-16)27(18)23-19/h8-9,16-17H,2-7,10-15H2,1H3. The van der Waals surface area contributed by atoms with Crippen molar-refractivity contribution in [3.8, 4) is 0 Å². The molecule has 4 heterocycles. The summed E-state index contributed by atoms with van der Waals surface area (Å²) in [5.41, 5.74) is 0.868. The molecule has 1 saturated carbocycles. The summed E-state index contributed by atoms with van der Waals surface area (Å²) in [6, 6.07) is 4.78. The number of hydrogen-bond acceptors (Lipinski definition) is 6. The van der Waals surface area contributed by atoms with Crippen molar-refractivity contribution in [2.45, 2.75) is 50.5 Å². The van der Waals surface area contributed by atoms with Crippen molar-refractivity contribution in [3.05, 3.63) is 18.0 Å². The molecular formula is C20H31N7. The van der Waals surface area contributed by atoms with Crippen molar-refractivity contribution in [1.82, 2.24) is 29.6 Å². The zero-order chi connectivity index (χ0) is 18.2. The minimum Gasteiger partial charge on any atom is -0.352 e. The molecule has 0 unspecified atom stereocenters. The average Bonchev–Trinajstić information content (AvgIpc) is 3.44. The van der Waals surface area contributed by atoms with Crippen LogP contribution in [0.1, 0.15) is 50.3 Å². The first-order valence-electron chi connectivity index (χ1n) is 10.7. The summed E-state index contributed by atoms with van der Waals surface area (Å²) in [7, 11) is 2.28. The predicted octanol–water partition coefficient (Wildman–Crippen LogP) is 2.00. The molecule has 0 atom stereocenters. The van der Waals surface area contributed by atoms with Crippen molar-refractivity contribution in [2.24, 2.45) is 0 Å². The van der Waals surface area contributed by atoms with Gasteiger partial charge in [-0.1, -0.05) is 12.8 Å². The van der Waals surface area contributed by atoms with Gasteiger partial charge in [-0.25, -0.2) is 0 Å². The molecule has 7 heteroatoms. The highest BCUT2D eigenvalue weighted by Gasteiger charge is 2.33. The van der Waals surface area contributed by atoms with E-state index >= 15 is 0 Å². The largest absolute Gasteiger partial charge is 0.352 e. The number of nitrogens with zero attached hydrogens (tertiary/aromatic N) is 7. The van der Waals surface area contributed by atoms with E-state index in [1.807, 2.05) is 4.52 Å². The molecule has 5 rings (SSSR count). The lowest BCUT2D eigenvalue weighted by Gasteiger charge is -2.45. The van der Waals surface area contributed by atoms with Crippen LogP contribution in [0, 0.1) is 0 Å². The molecule has 2 aromatic rings. The molecular weight excluding hydrogens is 338 g/mol. The van der Waals surface area contributed by atoms with Gasteiger partial charge in [0.25, 0.3) is 0 Å². The number of fused-ring (bicyclic) bond motifs is 1. The van der Waals surface area contributed by atoms with Gasteiger partial charge in [0, 0.05) is 38.1 Å². The second-order valence-corrected chi connectivity index (χ2v) is 8.59. The fourth-order valence-electron chi connectivity index (χ4n) is 4.32. The highest BCUT2D eigenvalue weighted by atomic mass is 15.4. The third kappa shape index (κ3) is 3.67. The first-order valence-corrected chi connectivity index (χ1v) is 10.7. The lowest BCUT2D eigenvalue weighted by Crippen LogP contribution is -2.59. The molecule has 7 nitrogen and oxygen atoms in total. The molecule has 0 radical (unpaired) electrons. The maximum absolute atomic E-state index is 4.83. The predicted molar refractivity (Wildman–Crippen MR) is 106 cm³/mol. The average molecular weight is 370 g/mol. The number of likely N-dealkylation sites (tertiary alicyclic amines) is 1. The molecule has 146 valence electrons. The van der Waals surface area contributed by atoms with Gasteiger partial charge in [-0.2, -0.15) is 4.52 Å². The Kier molecular flexibility index (Phi) is 4.73. The maximum atomic E-state index is 4.83. The molecule has 0 amide bonds. The molecule has 0 aromatic carbocycles. The summed E-state index contributed by atoms with van der Waals surface area (Å²) in [6.45, 7) is 7.09. The van der Waals surface area contributed by atoms with Crippen molar-refractivity contribution in [1.29, 1.82) is 0 Å². The normalized spacial score (nSPS) is 22.4. The van der Waals surface area contributed by atoms with Gasteiger partial charge in [-0.3, -0.25) is 4.90 Å². The van der Waals surface area contributed by atoms with Crippen LogP contribution in [0.2, 0.25) is 0 Å². The zero-order valence-electron chi connectivity index (χ0n) is 16.4. The van der Waals surface area contributed by atoms with Crippen molar-refractivity contribution >= 4 is 11.5 Å². The molecule has 0 bridgehead atoms. The van der Waals surface area contributed by atoms with E-state index in [-0.39, 0.29) is 0 Å². The Morgan fingerprint density at radius 3 is 2.56 bits per heavy atom. The summed E-state index contributed by atoms with van der Waals surface area (Å²) >= 11 is 0. The van der Waals surface area contributed by atoms with Gasteiger partial charge in [0.05, 0.1) is 0 Å². The van der Waals surface area contributed by atoms with Gasteiger partial charge in [0.2, 0.25) is 0 Å². The third-order valence-corrected chi connectivity index (χ3v) is 6.49. The highest BCUT2D eigenvalue weighted by molar-refractivity contribution is 5.48. The van der Waals surface area contributed by atoms with Gasteiger partial charge in [0.15, 0.2) is 11.5 Å². The Labute approximate surface area is 161 Å². The van der Waals surface area contributed by atoms with Crippen LogP contribution in [-0.4, -0.2) is 82.0 Å². The van der Waals surface area contributed by atoms with E-state index in [2.05, 4.69) is 44.1 Å². The Morgan fingerprint density at radius 2 is 1.81 bits per heavy atom. The van der Waals surface area contributed by atoms with E-state index < -0.39 is 0 Å². The van der Waals surface area contributed by atoms with E-state index in [4.69, 9.17) is 5.10 Å².